The van der Waals surface area contributed by atoms with Gasteiger partial charge in [0.1, 0.15) is 5.58 Å². The van der Waals surface area contributed by atoms with Crippen molar-refractivity contribution in [3.63, 3.8) is 0 Å². The van der Waals surface area contributed by atoms with Crippen LogP contribution in [-0.4, -0.2) is 0 Å². The van der Waals surface area contributed by atoms with Crippen LogP contribution >= 0.6 is 0 Å². The van der Waals surface area contributed by atoms with Crippen molar-refractivity contribution >= 4 is 60.5 Å². The lowest BCUT2D eigenvalue weighted by molar-refractivity contribution is 0.667. The van der Waals surface area contributed by atoms with Crippen LogP contribution in [0.2, 0.25) is 0 Å². The predicted molar refractivity (Wildman–Crippen MR) is 206 cm³/mol. The third-order valence-electron chi connectivity index (χ3n) is 10.6. The van der Waals surface area contributed by atoms with Crippen molar-refractivity contribution in [1.82, 2.24) is 0 Å². The van der Waals surface area contributed by atoms with Gasteiger partial charge >= 0.3 is 0 Å². The standard InChI is InChI=1S/C47H33NO/c1-47(2)42-29-32-16-10-9-15-31(32)28-41(42)38-25-23-33-27-35(24-26-36(33)44(38)47)48(34-17-7-4-8-18-34)43-22-12-21-40-39-20-11-19-37(45(39)49-46(40)43)30-13-5-3-6-14-30/h3-29H,1-2H3. The van der Waals surface area contributed by atoms with E-state index in [1.54, 1.807) is 0 Å². The molecule has 0 unspecified atom stereocenters. The van der Waals surface area contributed by atoms with Gasteiger partial charge in [0.2, 0.25) is 0 Å². The number of benzene rings is 8. The normalized spacial score (nSPS) is 13.3. The molecule has 49 heavy (non-hydrogen) atoms. The highest BCUT2D eigenvalue weighted by atomic mass is 16.3. The summed E-state index contributed by atoms with van der Waals surface area (Å²) < 4.78 is 6.90. The van der Waals surface area contributed by atoms with Crippen LogP contribution in [-0.2, 0) is 5.41 Å². The number of rotatable bonds is 4. The van der Waals surface area contributed by atoms with Gasteiger partial charge in [0.15, 0.2) is 5.58 Å². The van der Waals surface area contributed by atoms with E-state index in [0.717, 1.165) is 50.1 Å². The largest absolute Gasteiger partial charge is 0.453 e. The molecule has 1 aliphatic carbocycles. The second-order valence-corrected chi connectivity index (χ2v) is 13.7. The highest BCUT2D eigenvalue weighted by molar-refractivity contribution is 6.14. The molecule has 0 aliphatic heterocycles. The van der Waals surface area contributed by atoms with Crippen LogP contribution in [0, 0.1) is 0 Å². The second kappa shape index (κ2) is 10.4. The third kappa shape index (κ3) is 4.14. The molecule has 0 atom stereocenters. The van der Waals surface area contributed by atoms with E-state index in [2.05, 4.69) is 183 Å². The number of hydrogen-bond acceptors (Lipinski definition) is 2. The minimum atomic E-state index is -0.120. The van der Waals surface area contributed by atoms with Gasteiger partial charge in [-0.15, -0.1) is 0 Å². The van der Waals surface area contributed by atoms with Crippen molar-refractivity contribution in [2.24, 2.45) is 0 Å². The van der Waals surface area contributed by atoms with Crippen LogP contribution in [0.25, 0.3) is 65.7 Å². The Hall–Kier alpha value is -6.12. The maximum absolute atomic E-state index is 6.90. The molecule has 0 N–H and O–H groups in total. The molecular weight excluding hydrogens is 595 g/mol. The van der Waals surface area contributed by atoms with Gasteiger partial charge < -0.3 is 9.32 Å². The fourth-order valence-electron chi connectivity index (χ4n) is 8.30. The maximum Gasteiger partial charge on any atom is 0.159 e. The first-order valence-electron chi connectivity index (χ1n) is 17.0. The van der Waals surface area contributed by atoms with E-state index >= 15 is 0 Å². The summed E-state index contributed by atoms with van der Waals surface area (Å²) in [5, 5.41) is 7.34. The third-order valence-corrected chi connectivity index (χ3v) is 10.6. The van der Waals surface area contributed by atoms with Gasteiger partial charge in [0.05, 0.1) is 5.69 Å². The van der Waals surface area contributed by atoms with Gasteiger partial charge in [0.25, 0.3) is 0 Å². The molecule has 8 aromatic carbocycles. The first-order valence-corrected chi connectivity index (χ1v) is 17.0. The fraction of sp³-hybridized carbons (Fsp3) is 0.0638. The van der Waals surface area contributed by atoms with Crippen molar-refractivity contribution in [3.8, 4) is 22.3 Å². The molecule has 0 saturated heterocycles. The maximum atomic E-state index is 6.90. The number of nitrogens with zero attached hydrogens (tertiary/aromatic N) is 1. The smallest absolute Gasteiger partial charge is 0.159 e. The van der Waals surface area contributed by atoms with Crippen molar-refractivity contribution in [2.75, 3.05) is 4.90 Å². The summed E-state index contributed by atoms with van der Waals surface area (Å²) in [5.41, 5.74) is 12.6. The van der Waals surface area contributed by atoms with Gasteiger partial charge in [0, 0.05) is 33.1 Å². The summed E-state index contributed by atoms with van der Waals surface area (Å²) >= 11 is 0. The summed E-state index contributed by atoms with van der Waals surface area (Å²) in [6, 6.07) is 59.2. The van der Waals surface area contributed by atoms with Crippen LogP contribution in [0.3, 0.4) is 0 Å². The number of hydrogen-bond donors (Lipinski definition) is 0. The van der Waals surface area contributed by atoms with Crippen LogP contribution in [0.4, 0.5) is 17.1 Å². The number of furan rings is 1. The van der Waals surface area contributed by atoms with E-state index in [1.165, 1.54) is 43.8 Å². The predicted octanol–water partition coefficient (Wildman–Crippen LogP) is 13.3. The van der Waals surface area contributed by atoms with Crippen LogP contribution < -0.4 is 4.90 Å². The van der Waals surface area contributed by atoms with E-state index < -0.39 is 0 Å². The quantitative estimate of drug-likeness (QED) is 0.193. The summed E-state index contributed by atoms with van der Waals surface area (Å²) in [4.78, 5) is 2.34. The zero-order valence-electron chi connectivity index (χ0n) is 27.4. The van der Waals surface area contributed by atoms with E-state index in [9.17, 15) is 0 Å². The molecule has 10 rings (SSSR count). The Morgan fingerprint density at radius 1 is 0.449 bits per heavy atom. The molecule has 0 bridgehead atoms. The number of fused-ring (bicyclic) bond motifs is 9. The molecule has 2 heteroatoms. The van der Waals surface area contributed by atoms with Crippen molar-refractivity contribution in [1.29, 1.82) is 0 Å². The summed E-state index contributed by atoms with van der Waals surface area (Å²) in [5.74, 6) is 0. The summed E-state index contributed by atoms with van der Waals surface area (Å²) in [6.07, 6.45) is 0. The Labute approximate surface area is 285 Å². The Bertz CT molecular complexity index is 2740. The Morgan fingerprint density at radius 3 is 1.94 bits per heavy atom. The lowest BCUT2D eigenvalue weighted by Gasteiger charge is -2.27. The fourth-order valence-corrected chi connectivity index (χ4v) is 8.30. The molecule has 232 valence electrons. The molecule has 2 nitrogen and oxygen atoms in total. The Kier molecular flexibility index (Phi) is 5.95. The van der Waals surface area contributed by atoms with Gasteiger partial charge in [-0.05, 0) is 91.8 Å². The molecule has 9 aromatic rings. The van der Waals surface area contributed by atoms with E-state index in [-0.39, 0.29) is 5.41 Å². The topological polar surface area (TPSA) is 16.4 Å². The molecule has 0 spiro atoms. The zero-order chi connectivity index (χ0) is 32.7. The van der Waals surface area contributed by atoms with Gasteiger partial charge in [-0.25, -0.2) is 0 Å². The Balaban J connectivity index is 1.17. The molecule has 1 aliphatic rings. The average molecular weight is 628 g/mol. The van der Waals surface area contributed by atoms with Crippen LogP contribution in [0.1, 0.15) is 25.0 Å². The summed E-state index contributed by atoms with van der Waals surface area (Å²) in [7, 11) is 0. The van der Waals surface area contributed by atoms with Crippen molar-refractivity contribution in [2.45, 2.75) is 19.3 Å². The zero-order valence-corrected chi connectivity index (χ0v) is 27.4. The SMILES string of the molecule is CC1(C)c2cc3ccccc3cc2-c2ccc3cc(N(c4ccccc4)c4cccc5c4oc4c(-c6ccccc6)cccc45)ccc3c21. The molecule has 0 radical (unpaired) electrons. The molecule has 1 heterocycles. The highest BCUT2D eigenvalue weighted by Crippen LogP contribution is 2.53. The van der Waals surface area contributed by atoms with Gasteiger partial charge in [-0.1, -0.05) is 135 Å². The summed E-state index contributed by atoms with van der Waals surface area (Å²) in [6.45, 7) is 4.75. The first kappa shape index (κ1) is 27.9. The number of para-hydroxylation sites is 3. The molecule has 0 amide bonds. The van der Waals surface area contributed by atoms with Gasteiger partial charge in [-0.2, -0.15) is 0 Å². The Morgan fingerprint density at radius 2 is 1.14 bits per heavy atom. The molecule has 0 saturated carbocycles. The molecule has 1 aromatic heterocycles. The van der Waals surface area contributed by atoms with E-state index in [4.69, 9.17) is 4.42 Å². The van der Waals surface area contributed by atoms with Crippen molar-refractivity contribution < 1.29 is 4.42 Å². The second-order valence-electron chi connectivity index (χ2n) is 13.7. The lowest BCUT2D eigenvalue weighted by Crippen LogP contribution is -2.15. The molecule has 0 fully saturated rings. The van der Waals surface area contributed by atoms with E-state index in [0.29, 0.717) is 0 Å². The molecular formula is C47H33NO. The van der Waals surface area contributed by atoms with Crippen molar-refractivity contribution in [3.05, 3.63) is 175 Å². The van der Waals surface area contributed by atoms with E-state index in [1.807, 2.05) is 0 Å². The minimum absolute atomic E-state index is 0.120. The van der Waals surface area contributed by atoms with Gasteiger partial charge in [-0.3, -0.25) is 0 Å². The highest BCUT2D eigenvalue weighted by Gasteiger charge is 2.37. The number of anilines is 3. The lowest BCUT2D eigenvalue weighted by atomic mass is 9.80. The average Bonchev–Trinajstić information content (AvgIpc) is 3.64. The first-order chi connectivity index (χ1) is 24.1. The minimum Gasteiger partial charge on any atom is -0.453 e. The van der Waals surface area contributed by atoms with Crippen LogP contribution in [0.15, 0.2) is 168 Å². The monoisotopic (exact) mass is 627 g/mol. The van der Waals surface area contributed by atoms with Crippen LogP contribution in [0.5, 0.6) is 0 Å².